The summed E-state index contributed by atoms with van der Waals surface area (Å²) in [4.78, 5) is 31.2. The molecule has 0 bridgehead atoms. The summed E-state index contributed by atoms with van der Waals surface area (Å²) in [5, 5.41) is 0. The second-order valence-electron chi connectivity index (χ2n) is 9.96. The number of aryl methyl sites for hydroxylation is 1. The number of amides is 2. The number of unbranched alkanes of at least 4 members (excludes halogenated alkanes) is 1. The minimum absolute atomic E-state index is 0.0107. The summed E-state index contributed by atoms with van der Waals surface area (Å²) in [6.07, 6.45) is 5.36. The number of fused-ring (bicyclic) bond motifs is 1. The van der Waals surface area contributed by atoms with E-state index in [0.29, 0.717) is 45.0 Å². The lowest BCUT2D eigenvalue weighted by Gasteiger charge is -2.44. The normalized spacial score (nSPS) is 21.0. The predicted octanol–water partition coefficient (Wildman–Crippen LogP) is 4.27. The molecule has 0 aromatic heterocycles. The monoisotopic (exact) mass is 508 g/mol. The first-order chi connectivity index (χ1) is 18.1. The molecule has 0 saturated carbocycles. The molecule has 7 nitrogen and oxygen atoms in total. The van der Waals surface area contributed by atoms with Gasteiger partial charge in [0.25, 0.3) is 5.91 Å². The number of hydrogen-bond donors (Lipinski definition) is 0. The lowest BCUT2D eigenvalue weighted by Crippen LogP contribution is -2.62. The number of ether oxygens (including phenoxy) is 3. The van der Waals surface area contributed by atoms with Crippen molar-refractivity contribution in [2.24, 2.45) is 0 Å². The molecular formula is C30H40N2O5. The Balaban J connectivity index is 1.55. The Labute approximate surface area is 220 Å². The number of para-hydroxylation sites is 2. The van der Waals surface area contributed by atoms with Gasteiger partial charge >= 0.3 is 0 Å². The van der Waals surface area contributed by atoms with Gasteiger partial charge in [-0.1, -0.05) is 49.7 Å². The van der Waals surface area contributed by atoms with Crippen molar-refractivity contribution in [3.05, 3.63) is 59.7 Å². The lowest BCUT2D eigenvalue weighted by molar-refractivity contribution is -0.176. The summed E-state index contributed by atoms with van der Waals surface area (Å²) in [6.45, 7) is 4.81. The maximum Gasteiger partial charge on any atom is 0.256 e. The molecule has 4 rings (SSSR count). The molecule has 1 atom stereocenters. The summed E-state index contributed by atoms with van der Waals surface area (Å²) in [5.74, 6) is 1.58. The molecule has 2 aromatic rings. The standard InChI is InChI=1S/C30H40N2O5/c1-3-4-17-31-18-20-36-27-15-8-5-11-24(27)12-9-10-16-30(29(31)34)23-32(19-21-37-30)28(33)22-25-13-6-7-14-26(25)35-2/h5-8,11,13-15H,3-4,9-10,12,16-23H2,1-2H3. The van der Waals surface area contributed by atoms with Crippen LogP contribution in [0.5, 0.6) is 11.5 Å². The van der Waals surface area contributed by atoms with Crippen LogP contribution in [-0.4, -0.2) is 73.7 Å². The summed E-state index contributed by atoms with van der Waals surface area (Å²) in [5.41, 5.74) is 1.02. The first kappa shape index (κ1) is 27.0. The van der Waals surface area contributed by atoms with E-state index in [-0.39, 0.29) is 24.8 Å². The molecule has 1 fully saturated rings. The van der Waals surface area contributed by atoms with E-state index in [1.54, 1.807) is 7.11 Å². The summed E-state index contributed by atoms with van der Waals surface area (Å²) < 4.78 is 17.9. The first-order valence-electron chi connectivity index (χ1n) is 13.6. The van der Waals surface area contributed by atoms with Crippen molar-refractivity contribution in [1.29, 1.82) is 0 Å². The van der Waals surface area contributed by atoms with E-state index in [2.05, 4.69) is 13.0 Å². The Hall–Kier alpha value is -3.06. The Morgan fingerprint density at radius 1 is 1.05 bits per heavy atom. The van der Waals surface area contributed by atoms with Crippen LogP contribution < -0.4 is 9.47 Å². The van der Waals surface area contributed by atoms with Crippen molar-refractivity contribution in [1.82, 2.24) is 9.80 Å². The maximum absolute atomic E-state index is 14.1. The van der Waals surface area contributed by atoms with Crippen molar-refractivity contribution in [3.63, 3.8) is 0 Å². The van der Waals surface area contributed by atoms with Crippen LogP contribution in [0.1, 0.15) is 50.2 Å². The second kappa shape index (κ2) is 13.0. The molecule has 0 N–H and O–H groups in total. The van der Waals surface area contributed by atoms with Crippen LogP contribution in [0.25, 0.3) is 0 Å². The fraction of sp³-hybridized carbons (Fsp3) is 0.533. The topological polar surface area (TPSA) is 68.3 Å². The molecule has 0 radical (unpaired) electrons. The Morgan fingerprint density at radius 3 is 2.70 bits per heavy atom. The number of hydrogen-bond acceptors (Lipinski definition) is 5. The molecule has 1 unspecified atom stereocenters. The minimum atomic E-state index is -1.03. The van der Waals surface area contributed by atoms with Gasteiger partial charge < -0.3 is 24.0 Å². The van der Waals surface area contributed by atoms with Crippen LogP contribution in [0.4, 0.5) is 0 Å². The minimum Gasteiger partial charge on any atom is -0.496 e. The Bertz CT molecular complexity index is 1060. The molecule has 7 heteroatoms. The number of morpholine rings is 1. The van der Waals surface area contributed by atoms with E-state index >= 15 is 0 Å². The van der Waals surface area contributed by atoms with Gasteiger partial charge in [0.1, 0.15) is 18.1 Å². The van der Waals surface area contributed by atoms with Crippen LogP contribution in [-0.2, 0) is 27.2 Å². The highest BCUT2D eigenvalue weighted by atomic mass is 16.5. The number of benzene rings is 2. The maximum atomic E-state index is 14.1. The molecule has 2 aromatic carbocycles. The highest BCUT2D eigenvalue weighted by Crippen LogP contribution is 2.30. The molecule has 2 aliphatic rings. The molecule has 2 heterocycles. The number of nitrogens with zero attached hydrogens (tertiary/aromatic N) is 2. The Morgan fingerprint density at radius 2 is 1.86 bits per heavy atom. The van der Waals surface area contributed by atoms with Crippen molar-refractivity contribution < 1.29 is 23.8 Å². The fourth-order valence-electron chi connectivity index (χ4n) is 5.30. The highest BCUT2D eigenvalue weighted by molar-refractivity contribution is 5.87. The van der Waals surface area contributed by atoms with Gasteiger partial charge in [0.15, 0.2) is 5.60 Å². The average molecular weight is 509 g/mol. The van der Waals surface area contributed by atoms with E-state index in [4.69, 9.17) is 14.2 Å². The molecular weight excluding hydrogens is 468 g/mol. The molecule has 200 valence electrons. The van der Waals surface area contributed by atoms with Gasteiger partial charge in [-0.2, -0.15) is 0 Å². The zero-order valence-electron chi connectivity index (χ0n) is 22.2. The van der Waals surface area contributed by atoms with Crippen LogP contribution >= 0.6 is 0 Å². The van der Waals surface area contributed by atoms with Gasteiger partial charge in [-0.25, -0.2) is 0 Å². The van der Waals surface area contributed by atoms with Crippen LogP contribution in [0, 0.1) is 0 Å². The number of rotatable bonds is 6. The highest BCUT2D eigenvalue weighted by Gasteiger charge is 2.46. The smallest absolute Gasteiger partial charge is 0.256 e. The number of carbonyl (C=O) groups excluding carboxylic acids is 2. The van der Waals surface area contributed by atoms with Gasteiger partial charge in [0, 0.05) is 18.7 Å². The van der Waals surface area contributed by atoms with Gasteiger partial charge in [0.05, 0.1) is 33.2 Å². The number of methoxy groups -OCH3 is 1. The van der Waals surface area contributed by atoms with Crippen molar-refractivity contribution in [3.8, 4) is 11.5 Å². The summed E-state index contributed by atoms with van der Waals surface area (Å²) in [6, 6.07) is 15.8. The van der Waals surface area contributed by atoms with Gasteiger partial charge in [-0.3, -0.25) is 9.59 Å². The van der Waals surface area contributed by atoms with E-state index < -0.39 is 5.60 Å². The molecule has 0 aliphatic carbocycles. The first-order valence-corrected chi connectivity index (χ1v) is 13.6. The fourth-order valence-corrected chi connectivity index (χ4v) is 5.30. The molecule has 1 saturated heterocycles. The average Bonchev–Trinajstić information content (AvgIpc) is 2.93. The zero-order chi connectivity index (χ0) is 26.1. The van der Waals surface area contributed by atoms with E-state index in [1.807, 2.05) is 52.3 Å². The third kappa shape index (κ3) is 6.63. The SMILES string of the molecule is CCCCN1CCOc2ccccc2CCCCC2(CN(C(=O)Cc3ccccc3OC)CCO2)C1=O. The van der Waals surface area contributed by atoms with Gasteiger partial charge in [0.2, 0.25) is 5.91 Å². The van der Waals surface area contributed by atoms with Gasteiger partial charge in [-0.05, 0) is 49.8 Å². The summed E-state index contributed by atoms with van der Waals surface area (Å²) >= 11 is 0. The number of carbonyl (C=O) groups is 2. The second-order valence-corrected chi connectivity index (χ2v) is 9.96. The van der Waals surface area contributed by atoms with Crippen LogP contribution in [0.3, 0.4) is 0 Å². The van der Waals surface area contributed by atoms with E-state index in [0.717, 1.165) is 43.4 Å². The molecule has 1 spiro atoms. The molecule has 2 amide bonds. The Kier molecular flexibility index (Phi) is 9.45. The third-order valence-corrected chi connectivity index (χ3v) is 7.40. The summed E-state index contributed by atoms with van der Waals surface area (Å²) in [7, 11) is 1.61. The third-order valence-electron chi connectivity index (χ3n) is 7.40. The van der Waals surface area contributed by atoms with Crippen LogP contribution in [0.15, 0.2) is 48.5 Å². The largest absolute Gasteiger partial charge is 0.496 e. The quantitative estimate of drug-likeness (QED) is 0.583. The lowest BCUT2D eigenvalue weighted by atomic mass is 9.90. The van der Waals surface area contributed by atoms with Crippen molar-refractivity contribution >= 4 is 11.8 Å². The van der Waals surface area contributed by atoms with Crippen LogP contribution in [0.2, 0.25) is 0 Å². The van der Waals surface area contributed by atoms with Crippen molar-refractivity contribution in [2.75, 3.05) is 46.5 Å². The molecule has 2 aliphatic heterocycles. The van der Waals surface area contributed by atoms with E-state index in [9.17, 15) is 9.59 Å². The van der Waals surface area contributed by atoms with Crippen molar-refractivity contribution in [2.45, 2.75) is 57.5 Å². The predicted molar refractivity (Wildman–Crippen MR) is 143 cm³/mol. The molecule has 37 heavy (non-hydrogen) atoms. The van der Waals surface area contributed by atoms with Gasteiger partial charge in [-0.15, -0.1) is 0 Å². The zero-order valence-corrected chi connectivity index (χ0v) is 22.2. The van der Waals surface area contributed by atoms with E-state index in [1.165, 1.54) is 5.56 Å².